The van der Waals surface area contributed by atoms with Crippen LogP contribution in [0, 0.1) is 5.92 Å². The number of aliphatic hydroxyl groups excluding tert-OH is 8. The summed E-state index contributed by atoms with van der Waals surface area (Å²) >= 11 is 0. The second-order valence-electron chi connectivity index (χ2n) is 30.1. The fraction of sp³-hybridized carbons (Fsp3) is 0.870. The zero-order chi connectivity index (χ0) is 84.3. The number of carbonyl (C=O) groups is 10. The van der Waals surface area contributed by atoms with Gasteiger partial charge in [0.05, 0.1) is 77.8 Å². The van der Waals surface area contributed by atoms with Gasteiger partial charge in [-0.3, -0.25) is 52.5 Å². The maximum absolute atomic E-state index is 14.0. The fourth-order valence-corrected chi connectivity index (χ4v) is 13.3. The highest BCUT2D eigenvalue weighted by Gasteiger charge is 2.47. The van der Waals surface area contributed by atoms with E-state index in [0.29, 0.717) is 129 Å². The van der Waals surface area contributed by atoms with E-state index < -0.39 is 135 Å². The van der Waals surface area contributed by atoms with Crippen LogP contribution in [0.5, 0.6) is 0 Å². The van der Waals surface area contributed by atoms with Crippen molar-refractivity contribution in [2.75, 3.05) is 106 Å². The Hall–Kier alpha value is -5.03. The smallest absolute Gasteiger partial charge is 0.330 e. The first kappa shape index (κ1) is 103. The second-order valence-corrected chi connectivity index (χ2v) is 32.6. The van der Waals surface area contributed by atoms with Gasteiger partial charge in [0, 0.05) is 136 Å². The van der Waals surface area contributed by atoms with Crippen molar-refractivity contribution >= 4 is 66.2 Å². The van der Waals surface area contributed by atoms with Gasteiger partial charge in [-0.25, -0.2) is 0 Å². The lowest BCUT2D eigenvalue weighted by Crippen LogP contribution is -2.64. The summed E-state index contributed by atoms with van der Waals surface area (Å²) in [5.41, 5.74) is -1.96. The Morgan fingerprint density at radius 1 is 0.421 bits per heavy atom. The predicted octanol–water partition coefficient (Wildman–Crippen LogP) is 1.48. The van der Waals surface area contributed by atoms with Crippen LogP contribution in [-0.2, 0) is 99.7 Å². The largest absolute Gasteiger partial charge is 0.394 e. The molecule has 37 heteroatoms. The number of ether oxygens (including phenoxy) is 9. The van der Waals surface area contributed by atoms with E-state index in [1.54, 1.807) is 20.8 Å². The Bertz CT molecular complexity index is 2730. The molecule has 0 aromatic rings. The molecule has 16 atom stereocenters. The van der Waals surface area contributed by atoms with Gasteiger partial charge in [-0.1, -0.05) is 46.5 Å². The standard InChI is InChI=1S/C77H137N6O30P/c1-52(2)114(102,103)111-42-18-7-6-17-36-78-64(94)31-22-32-66(96)83-77(49-104-43-33-58(90)26-12-8-10-24-56(88)28-14-19-39-107-74-53(3)69(97)60(92)48-110-74,50-105-44-34-59(91)27-13-9-11-25-57(89)29-15-20-40-108-75-67(81-54(4)86)72(100)70(98)61(46-84)112-75)51-106-45-35-65(95)80-38-23-37-79-63(93)30-16-21-41-109-76-68(82-55(5)87)73(101)71(99)62(47-85)113-76/h52-53,60-62,67-76,84-85,92,97-101H,6-51H2,1-5H3,(H,78,94)(H,79,93)(H,80,95)(H,81,86)(H,82,87)(H,83,96)(H,102,103)/t53?,60-,61?,62?,67?,68?,69+,70-,71-,72+,73+,74+,75+,76+,77?/m0/s1. The van der Waals surface area contributed by atoms with Gasteiger partial charge in [-0.15, -0.1) is 0 Å². The van der Waals surface area contributed by atoms with Crippen molar-refractivity contribution < 1.29 is 145 Å². The molecule has 3 aliphatic rings. The number of carbonyl (C=O) groups excluding carboxylic acids is 10. The molecule has 3 heterocycles. The molecule has 0 radical (unpaired) electrons. The lowest BCUT2D eigenvalue weighted by Gasteiger charge is -2.42. The number of amides is 6. The first-order valence-electron chi connectivity index (χ1n) is 40.9. The van der Waals surface area contributed by atoms with E-state index in [-0.39, 0.29) is 184 Å². The predicted molar refractivity (Wildman–Crippen MR) is 411 cm³/mol. The van der Waals surface area contributed by atoms with E-state index >= 15 is 0 Å². The number of Topliss-reactive ketones (excluding diaryl/α,β-unsaturated/α-hetero) is 4. The number of ketones is 4. The van der Waals surface area contributed by atoms with Crippen molar-refractivity contribution in [3.05, 3.63) is 0 Å². The summed E-state index contributed by atoms with van der Waals surface area (Å²) in [5.74, 6) is -2.86. The molecule has 6 amide bonds. The van der Waals surface area contributed by atoms with Crippen LogP contribution in [-0.4, -0.2) is 301 Å². The minimum atomic E-state index is -3.66. The summed E-state index contributed by atoms with van der Waals surface area (Å²) in [4.78, 5) is 138. The number of hydrogen-bond acceptors (Lipinski definition) is 29. The normalized spacial score (nSPS) is 24.1. The SMILES string of the molecule is CC(=O)NC1[C@H](OCCCCC(=O)CCCCCC(=O)CCOCC(COCCC(=O)CCCCCC(=O)CCCCO[C@@H]2OC[C@H](O)[C@H](O)C2C)(COCCC(=O)NCCCNC(=O)CCCCO[C@@H]2OC(CO)[C@H](O)[C@H](O)C2NC(C)=O)NC(=O)CCCC(=O)NCCCCCCOP(=O)(O)C(C)C)OC(CO)[C@H](O)[C@@H]1O. The van der Waals surface area contributed by atoms with Gasteiger partial charge >= 0.3 is 7.60 Å². The molecule has 0 aromatic heterocycles. The van der Waals surface area contributed by atoms with Gasteiger partial charge in [0.1, 0.15) is 83.5 Å². The molecule has 36 nitrogen and oxygen atoms in total. The first-order chi connectivity index (χ1) is 54.4. The quantitative estimate of drug-likeness (QED) is 0.0303. The summed E-state index contributed by atoms with van der Waals surface area (Å²) in [6.45, 7) is 6.71. The molecule has 3 rings (SSSR count). The van der Waals surface area contributed by atoms with Crippen LogP contribution in [0.15, 0.2) is 0 Å². The topological polar surface area (TPSA) is 534 Å². The van der Waals surface area contributed by atoms with E-state index in [2.05, 4.69) is 31.9 Å². The monoisotopic (exact) mass is 1660 g/mol. The van der Waals surface area contributed by atoms with Crippen LogP contribution in [0.2, 0.25) is 0 Å². The summed E-state index contributed by atoms with van der Waals surface area (Å²) in [7, 11) is -3.66. The van der Waals surface area contributed by atoms with E-state index in [1.807, 2.05) is 0 Å². The Morgan fingerprint density at radius 2 is 0.781 bits per heavy atom. The van der Waals surface area contributed by atoms with Crippen molar-refractivity contribution in [1.29, 1.82) is 0 Å². The molecular weight excluding hydrogens is 1520 g/mol. The van der Waals surface area contributed by atoms with Crippen molar-refractivity contribution in [2.45, 2.75) is 318 Å². The Morgan fingerprint density at radius 3 is 1.22 bits per heavy atom. The highest BCUT2D eigenvalue weighted by molar-refractivity contribution is 7.53. The number of unbranched alkanes of at least 4 members (excludes halogenated alkanes) is 10. The van der Waals surface area contributed by atoms with Crippen molar-refractivity contribution in [3.63, 3.8) is 0 Å². The summed E-state index contributed by atoms with van der Waals surface area (Å²) < 4.78 is 69.4. The molecule has 0 aliphatic carbocycles. The number of aliphatic hydroxyl groups is 8. The molecule has 15 N–H and O–H groups in total. The lowest BCUT2D eigenvalue weighted by molar-refractivity contribution is -0.270. The van der Waals surface area contributed by atoms with Gasteiger partial charge in [-0.05, 0) is 89.9 Å². The second kappa shape index (κ2) is 59.6. The van der Waals surface area contributed by atoms with Gasteiger partial charge in [0.2, 0.25) is 35.4 Å². The van der Waals surface area contributed by atoms with Gasteiger partial charge in [0.15, 0.2) is 18.9 Å². The van der Waals surface area contributed by atoms with Crippen molar-refractivity contribution in [1.82, 2.24) is 31.9 Å². The maximum Gasteiger partial charge on any atom is 0.330 e. The van der Waals surface area contributed by atoms with Gasteiger partial charge in [-0.2, -0.15) is 0 Å². The van der Waals surface area contributed by atoms with Crippen LogP contribution in [0.4, 0.5) is 0 Å². The van der Waals surface area contributed by atoms with E-state index in [9.17, 15) is 98.3 Å². The Labute approximate surface area is 670 Å². The van der Waals surface area contributed by atoms with Crippen LogP contribution in [0.1, 0.15) is 227 Å². The molecule has 3 aliphatic heterocycles. The molecule has 660 valence electrons. The van der Waals surface area contributed by atoms with E-state index in [4.69, 9.17) is 47.2 Å². The zero-order valence-corrected chi connectivity index (χ0v) is 68.6. The summed E-state index contributed by atoms with van der Waals surface area (Å²) in [6, 6.07) is -2.17. The Kier molecular flexibility index (Phi) is 53.9. The molecule has 114 heavy (non-hydrogen) atoms. The highest BCUT2D eigenvalue weighted by atomic mass is 31.2. The van der Waals surface area contributed by atoms with Crippen molar-refractivity contribution in [2.24, 2.45) is 5.92 Å². The summed E-state index contributed by atoms with van der Waals surface area (Å²) in [6.07, 6.45) is -1.61. The first-order valence-corrected chi connectivity index (χ1v) is 42.6. The third kappa shape index (κ3) is 44.1. The molecule has 7 unspecified atom stereocenters. The van der Waals surface area contributed by atoms with E-state index in [0.717, 1.165) is 12.8 Å². The molecule has 3 saturated heterocycles. The number of rotatable bonds is 67. The molecule has 3 fully saturated rings. The van der Waals surface area contributed by atoms with Crippen molar-refractivity contribution in [3.8, 4) is 0 Å². The van der Waals surface area contributed by atoms with Crippen LogP contribution in [0.3, 0.4) is 0 Å². The fourth-order valence-electron chi connectivity index (χ4n) is 12.7. The molecule has 0 spiro atoms. The molecule has 0 bridgehead atoms. The third-order valence-corrected chi connectivity index (χ3v) is 21.5. The average molecular weight is 1660 g/mol. The van der Waals surface area contributed by atoms with Crippen LogP contribution in [0.25, 0.3) is 0 Å². The number of hydrogen-bond donors (Lipinski definition) is 15. The lowest BCUT2D eigenvalue weighted by atomic mass is 9.97. The minimum absolute atomic E-state index is 0.00111. The third-order valence-electron chi connectivity index (χ3n) is 19.7. The number of nitrogens with one attached hydrogen (secondary N) is 6. The van der Waals surface area contributed by atoms with Crippen LogP contribution < -0.4 is 31.9 Å². The van der Waals surface area contributed by atoms with E-state index in [1.165, 1.54) is 13.8 Å². The molecule has 0 saturated carbocycles. The molecular formula is C77H137N6O30P. The van der Waals surface area contributed by atoms with Crippen LogP contribution >= 0.6 is 7.60 Å². The molecule has 0 aromatic carbocycles. The zero-order valence-electron chi connectivity index (χ0n) is 67.7. The summed E-state index contributed by atoms with van der Waals surface area (Å²) in [5, 5.41) is 97.0. The minimum Gasteiger partial charge on any atom is -0.394 e. The Balaban J connectivity index is 1.58. The van der Waals surface area contributed by atoms with Gasteiger partial charge < -0.3 is 125 Å². The maximum atomic E-state index is 14.0. The van der Waals surface area contributed by atoms with Gasteiger partial charge in [0.25, 0.3) is 0 Å². The highest BCUT2D eigenvalue weighted by Crippen LogP contribution is 2.47. The average Bonchev–Trinajstić information content (AvgIpc) is 0.812.